The molecule has 0 unspecified atom stereocenters. The highest BCUT2D eigenvalue weighted by molar-refractivity contribution is 7.86. The van der Waals surface area contributed by atoms with Crippen LogP contribution in [0.5, 0.6) is 11.5 Å². The van der Waals surface area contributed by atoms with Crippen LogP contribution in [-0.2, 0) is 43.2 Å². The van der Waals surface area contributed by atoms with Crippen molar-refractivity contribution in [3.05, 3.63) is 111 Å². The van der Waals surface area contributed by atoms with Gasteiger partial charge in [0.2, 0.25) is 5.95 Å². The second-order valence-electron chi connectivity index (χ2n) is 13.2. The minimum absolute atomic E-state index is 0.000570. The number of ether oxygens (including phenoxy) is 2. The molecular formula is C37H36Cl2F2N8O11S3. The fourth-order valence-electron chi connectivity index (χ4n) is 5.32. The second-order valence-corrected chi connectivity index (χ2v) is 18.6. The molecule has 1 heterocycles. The van der Waals surface area contributed by atoms with Gasteiger partial charge >= 0.3 is 0 Å². The summed E-state index contributed by atoms with van der Waals surface area (Å²) in [5, 5.41) is 18.6. The minimum atomic E-state index is -4.75. The Balaban J connectivity index is 1.53. The largest absolute Gasteiger partial charge is 0.493 e. The molecule has 0 bridgehead atoms. The van der Waals surface area contributed by atoms with Crippen LogP contribution < -0.4 is 14.8 Å². The first-order valence-electron chi connectivity index (χ1n) is 18.3. The average Bonchev–Trinajstić information content (AvgIpc) is 3.19. The number of anilines is 1. The number of benzene rings is 4. The zero-order chi connectivity index (χ0) is 46.0. The lowest BCUT2D eigenvalue weighted by Gasteiger charge is -2.15. The van der Waals surface area contributed by atoms with E-state index in [0.29, 0.717) is 17.1 Å². The van der Waals surface area contributed by atoms with E-state index in [0.717, 1.165) is 30.3 Å². The summed E-state index contributed by atoms with van der Waals surface area (Å²) >= 11 is 11.8. The zero-order valence-electron chi connectivity index (χ0n) is 32.7. The van der Waals surface area contributed by atoms with Crippen LogP contribution in [0.15, 0.2) is 92.1 Å². The molecule has 0 spiro atoms. The van der Waals surface area contributed by atoms with Crippen LogP contribution in [0, 0.1) is 11.6 Å². The van der Waals surface area contributed by atoms with Crippen molar-refractivity contribution in [3.8, 4) is 11.5 Å². The summed E-state index contributed by atoms with van der Waals surface area (Å²) < 4.78 is 140. The van der Waals surface area contributed by atoms with E-state index in [-0.39, 0.29) is 95.6 Å². The summed E-state index contributed by atoms with van der Waals surface area (Å²) in [6.45, 7) is 1.43. The normalized spacial score (nSPS) is 12.3. The maximum absolute atomic E-state index is 15.7. The molecule has 5 aromatic rings. The van der Waals surface area contributed by atoms with Gasteiger partial charge in [-0.15, -0.1) is 10.2 Å². The molecule has 0 saturated heterocycles. The molecule has 0 radical (unpaired) electrons. The van der Waals surface area contributed by atoms with Gasteiger partial charge in [-0.1, -0.05) is 30.1 Å². The first kappa shape index (κ1) is 48.7. The SMILES string of the molecule is CCCOc1cc(N=Nc2ccc(Cl)cc2)c(F)cc1Cc1nc(Cc2cc(F)c(N=Nc3ccc(Cl)c(S(=O)(=O)O)c3)cc2OCCCS(=O)(=O)O)nc(NCCS(=O)(=O)O)n1. The van der Waals surface area contributed by atoms with E-state index in [9.17, 15) is 38.9 Å². The Kier molecular flexibility index (Phi) is 16.5. The molecule has 4 aromatic carbocycles. The molecule has 26 heteroatoms. The number of azo groups is 2. The van der Waals surface area contributed by atoms with Crippen molar-refractivity contribution in [1.29, 1.82) is 0 Å². The van der Waals surface area contributed by atoms with Gasteiger partial charge in [-0.3, -0.25) is 13.7 Å². The van der Waals surface area contributed by atoms with Gasteiger partial charge in [-0.2, -0.15) is 45.4 Å². The van der Waals surface area contributed by atoms with Crippen LogP contribution in [-0.4, -0.2) is 85.1 Å². The van der Waals surface area contributed by atoms with E-state index in [4.69, 9.17) is 32.7 Å². The van der Waals surface area contributed by atoms with Crippen molar-refractivity contribution in [2.75, 3.05) is 36.6 Å². The fourth-order valence-corrected chi connectivity index (χ4v) is 7.29. The molecule has 0 saturated carbocycles. The molecule has 0 amide bonds. The van der Waals surface area contributed by atoms with E-state index in [1.165, 1.54) is 12.1 Å². The zero-order valence-corrected chi connectivity index (χ0v) is 36.7. The fraction of sp³-hybridized carbons (Fsp3) is 0.270. The number of hydrogen-bond acceptors (Lipinski definition) is 16. The Bertz CT molecular complexity index is 2860. The molecule has 5 rings (SSSR count). The highest BCUT2D eigenvalue weighted by atomic mass is 35.5. The average molecular weight is 974 g/mol. The summed E-state index contributed by atoms with van der Waals surface area (Å²) in [4.78, 5) is 12.5. The van der Waals surface area contributed by atoms with Crippen molar-refractivity contribution in [3.63, 3.8) is 0 Å². The molecule has 0 aliphatic rings. The van der Waals surface area contributed by atoms with Gasteiger partial charge in [0.25, 0.3) is 30.4 Å². The molecule has 0 atom stereocenters. The third kappa shape index (κ3) is 15.5. The Labute approximate surface area is 369 Å². The molecule has 1 aromatic heterocycles. The molecule has 336 valence electrons. The van der Waals surface area contributed by atoms with Gasteiger partial charge in [0.05, 0.1) is 41.1 Å². The highest BCUT2D eigenvalue weighted by Gasteiger charge is 2.20. The van der Waals surface area contributed by atoms with Crippen LogP contribution >= 0.6 is 23.2 Å². The summed E-state index contributed by atoms with van der Waals surface area (Å²) in [6, 6.07) is 14.2. The van der Waals surface area contributed by atoms with E-state index >= 15 is 8.78 Å². The van der Waals surface area contributed by atoms with Crippen molar-refractivity contribution >= 4 is 82.3 Å². The van der Waals surface area contributed by atoms with Crippen molar-refractivity contribution in [2.24, 2.45) is 20.5 Å². The molecule has 0 aliphatic carbocycles. The predicted octanol–water partition coefficient (Wildman–Crippen LogP) is 8.46. The number of halogens is 4. The molecule has 0 aliphatic heterocycles. The van der Waals surface area contributed by atoms with Crippen LogP contribution in [0.2, 0.25) is 10.0 Å². The topological polar surface area (TPSA) is 282 Å². The number of nitrogens with zero attached hydrogens (tertiary/aromatic N) is 7. The van der Waals surface area contributed by atoms with E-state index in [2.05, 4.69) is 40.7 Å². The lowest BCUT2D eigenvalue weighted by atomic mass is 10.1. The second kappa shape index (κ2) is 21.4. The first-order valence-corrected chi connectivity index (χ1v) is 23.7. The number of hydrogen-bond donors (Lipinski definition) is 4. The number of aromatic nitrogens is 3. The molecule has 19 nitrogen and oxygen atoms in total. The van der Waals surface area contributed by atoms with Crippen LogP contribution in [0.3, 0.4) is 0 Å². The maximum atomic E-state index is 15.7. The molecular weight excluding hydrogens is 938 g/mol. The maximum Gasteiger partial charge on any atom is 0.296 e. The van der Waals surface area contributed by atoms with Gasteiger partial charge in [-0.25, -0.2) is 13.8 Å². The van der Waals surface area contributed by atoms with E-state index in [1.807, 2.05) is 6.92 Å². The lowest BCUT2D eigenvalue weighted by molar-refractivity contribution is 0.313. The van der Waals surface area contributed by atoms with Crippen molar-refractivity contribution in [1.82, 2.24) is 15.0 Å². The Morgan fingerprint density at radius 1 is 0.667 bits per heavy atom. The summed E-state index contributed by atoms with van der Waals surface area (Å²) in [6.07, 6.45) is -0.127. The van der Waals surface area contributed by atoms with Crippen LogP contribution in [0.25, 0.3) is 0 Å². The Hall–Kier alpha value is -5.34. The summed E-state index contributed by atoms with van der Waals surface area (Å²) in [7, 11) is -13.5. The van der Waals surface area contributed by atoms with Gasteiger partial charge in [-0.05, 0) is 67.4 Å². The standard InChI is InChI=1S/C37H36Cl2F2N8O11S3/c1-2-11-59-32-20-30(48-46-25-6-4-24(38)5-7-25)28(40)15-22(32)17-35-43-36(45-37(44-35)42-10-14-62(53,54)55)18-23-16-29(41)31(21-33(23)60-12-3-13-61(50,51)52)49-47-26-8-9-27(39)34(19-26)63(56,57)58/h4-9,15-16,19-21H,2-3,10-14,17-18H2,1H3,(H,50,51,52)(H,53,54,55)(H,56,57,58)(H,42,43,44,45). The lowest BCUT2D eigenvalue weighted by Crippen LogP contribution is -2.18. The van der Waals surface area contributed by atoms with E-state index in [1.54, 1.807) is 24.3 Å². The van der Waals surface area contributed by atoms with Gasteiger partial charge in [0.15, 0.2) is 11.6 Å². The highest BCUT2D eigenvalue weighted by Crippen LogP contribution is 2.34. The monoisotopic (exact) mass is 972 g/mol. The molecule has 0 fully saturated rings. The summed E-state index contributed by atoms with van der Waals surface area (Å²) in [5.41, 5.74) is 0.0137. The van der Waals surface area contributed by atoms with Crippen LogP contribution in [0.4, 0.5) is 37.5 Å². The van der Waals surface area contributed by atoms with Crippen LogP contribution in [0.1, 0.15) is 42.5 Å². The third-order valence-electron chi connectivity index (χ3n) is 8.16. The predicted molar refractivity (Wildman–Crippen MR) is 227 cm³/mol. The van der Waals surface area contributed by atoms with Crippen molar-refractivity contribution < 1.29 is 57.2 Å². The van der Waals surface area contributed by atoms with Gasteiger partial charge in [0.1, 0.15) is 39.4 Å². The summed E-state index contributed by atoms with van der Waals surface area (Å²) in [5.74, 6) is -3.27. The number of nitrogens with one attached hydrogen (secondary N) is 1. The Morgan fingerprint density at radius 3 is 1.71 bits per heavy atom. The minimum Gasteiger partial charge on any atom is -0.493 e. The quantitative estimate of drug-likeness (QED) is 0.0305. The first-order chi connectivity index (χ1) is 29.7. The molecule has 4 N–H and O–H groups in total. The third-order valence-corrected chi connectivity index (χ3v) is 11.3. The van der Waals surface area contributed by atoms with Crippen molar-refractivity contribution in [2.45, 2.75) is 37.5 Å². The van der Waals surface area contributed by atoms with E-state index < -0.39 is 64.1 Å². The van der Waals surface area contributed by atoms with Gasteiger partial charge < -0.3 is 14.8 Å². The Morgan fingerprint density at radius 2 is 1.19 bits per heavy atom. The van der Waals surface area contributed by atoms with Gasteiger partial charge in [0, 0.05) is 47.7 Å². The molecule has 63 heavy (non-hydrogen) atoms. The smallest absolute Gasteiger partial charge is 0.296 e. The number of rotatable bonds is 21.